The Balaban J connectivity index is 3.87. The molecule has 0 aliphatic carbocycles. The number of nitrogens with two attached hydrogens (primary N) is 1. The van der Waals surface area contributed by atoms with Gasteiger partial charge in [0, 0.05) is 13.2 Å². The van der Waals surface area contributed by atoms with Crippen molar-refractivity contribution in [3.05, 3.63) is 0 Å². The minimum Gasteiger partial charge on any atom is -0.374 e. The highest BCUT2D eigenvalue weighted by Crippen LogP contribution is 2.18. The third-order valence-electron chi connectivity index (χ3n) is 2.11. The van der Waals surface area contributed by atoms with Crippen molar-refractivity contribution in [1.29, 1.82) is 0 Å². The van der Waals surface area contributed by atoms with Crippen molar-refractivity contribution < 1.29 is 4.74 Å². The third-order valence-corrected chi connectivity index (χ3v) is 2.11. The Morgan fingerprint density at radius 3 is 1.80 bits per heavy atom. The summed E-state index contributed by atoms with van der Waals surface area (Å²) in [6.07, 6.45) is 2.02. The van der Waals surface area contributed by atoms with Crippen LogP contribution in [0.3, 0.4) is 0 Å². The van der Waals surface area contributed by atoms with Crippen molar-refractivity contribution in [1.82, 2.24) is 0 Å². The van der Waals surface area contributed by atoms with E-state index in [4.69, 9.17) is 10.5 Å². The van der Waals surface area contributed by atoms with Crippen molar-refractivity contribution in [2.24, 2.45) is 5.73 Å². The molecule has 0 bridgehead atoms. The molecular weight excluding hydrogens is 126 g/mol. The topological polar surface area (TPSA) is 35.2 Å². The number of rotatable bonds is 5. The van der Waals surface area contributed by atoms with Gasteiger partial charge in [0.05, 0.1) is 5.60 Å². The van der Waals surface area contributed by atoms with Gasteiger partial charge in [-0.1, -0.05) is 13.8 Å². The van der Waals surface area contributed by atoms with Crippen molar-refractivity contribution >= 4 is 0 Å². The normalized spacial score (nSPS) is 12.0. The van der Waals surface area contributed by atoms with Crippen molar-refractivity contribution in [2.75, 3.05) is 13.2 Å². The molecule has 0 radical (unpaired) electrons. The SMILES string of the molecule is CCOC(CC)(CC)CN. The van der Waals surface area contributed by atoms with E-state index in [9.17, 15) is 0 Å². The van der Waals surface area contributed by atoms with Crippen LogP contribution in [0.5, 0.6) is 0 Å². The lowest BCUT2D eigenvalue weighted by Crippen LogP contribution is -2.39. The summed E-state index contributed by atoms with van der Waals surface area (Å²) >= 11 is 0. The predicted molar refractivity (Wildman–Crippen MR) is 44.0 cm³/mol. The molecule has 0 aliphatic heterocycles. The molecule has 0 atom stereocenters. The van der Waals surface area contributed by atoms with E-state index in [-0.39, 0.29) is 5.60 Å². The van der Waals surface area contributed by atoms with Crippen LogP contribution in [0.2, 0.25) is 0 Å². The van der Waals surface area contributed by atoms with Crippen LogP contribution in [-0.4, -0.2) is 18.8 Å². The molecule has 0 aromatic carbocycles. The molecule has 0 spiro atoms. The Morgan fingerprint density at radius 2 is 1.70 bits per heavy atom. The average molecular weight is 145 g/mol. The average Bonchev–Trinajstić information content (AvgIpc) is 2.01. The fourth-order valence-corrected chi connectivity index (χ4v) is 1.11. The maximum absolute atomic E-state index is 5.59. The maximum atomic E-state index is 5.59. The van der Waals surface area contributed by atoms with Crippen LogP contribution in [0.25, 0.3) is 0 Å². The molecule has 0 heterocycles. The second-order valence-electron chi connectivity index (χ2n) is 2.53. The zero-order valence-electron chi connectivity index (χ0n) is 7.31. The fraction of sp³-hybridized carbons (Fsp3) is 1.00. The van der Waals surface area contributed by atoms with Gasteiger partial charge in [-0.3, -0.25) is 0 Å². The maximum Gasteiger partial charge on any atom is 0.0798 e. The van der Waals surface area contributed by atoms with Gasteiger partial charge in [0.25, 0.3) is 0 Å². The van der Waals surface area contributed by atoms with E-state index in [0.717, 1.165) is 19.4 Å². The molecule has 0 aromatic heterocycles. The Morgan fingerprint density at radius 1 is 1.20 bits per heavy atom. The summed E-state index contributed by atoms with van der Waals surface area (Å²) in [5.41, 5.74) is 5.54. The fourth-order valence-electron chi connectivity index (χ4n) is 1.11. The van der Waals surface area contributed by atoms with Gasteiger partial charge in [-0.15, -0.1) is 0 Å². The minimum atomic E-state index is -0.0469. The van der Waals surface area contributed by atoms with Crippen LogP contribution in [0.4, 0.5) is 0 Å². The highest BCUT2D eigenvalue weighted by Gasteiger charge is 2.23. The van der Waals surface area contributed by atoms with Crippen LogP contribution in [0, 0.1) is 0 Å². The Labute approximate surface area is 63.7 Å². The van der Waals surface area contributed by atoms with E-state index in [2.05, 4.69) is 13.8 Å². The van der Waals surface area contributed by atoms with Gasteiger partial charge >= 0.3 is 0 Å². The molecule has 2 nitrogen and oxygen atoms in total. The highest BCUT2D eigenvalue weighted by atomic mass is 16.5. The zero-order chi connectivity index (χ0) is 8.04. The molecule has 0 aliphatic rings. The van der Waals surface area contributed by atoms with Gasteiger partial charge in [0.1, 0.15) is 0 Å². The molecule has 2 heteroatoms. The summed E-state index contributed by atoms with van der Waals surface area (Å²) in [6.45, 7) is 7.64. The van der Waals surface area contributed by atoms with Gasteiger partial charge in [-0.2, -0.15) is 0 Å². The third kappa shape index (κ3) is 2.27. The van der Waals surface area contributed by atoms with Crippen molar-refractivity contribution in [2.45, 2.75) is 39.2 Å². The predicted octanol–water partition coefficient (Wildman–Crippen LogP) is 1.54. The van der Waals surface area contributed by atoms with Crippen LogP contribution in [-0.2, 0) is 4.74 Å². The summed E-state index contributed by atoms with van der Waals surface area (Å²) < 4.78 is 5.55. The van der Waals surface area contributed by atoms with E-state index >= 15 is 0 Å². The van der Waals surface area contributed by atoms with Gasteiger partial charge in [-0.05, 0) is 19.8 Å². The summed E-state index contributed by atoms with van der Waals surface area (Å²) in [6, 6.07) is 0. The lowest BCUT2D eigenvalue weighted by Gasteiger charge is -2.29. The first kappa shape index (κ1) is 9.92. The minimum absolute atomic E-state index is 0.0469. The smallest absolute Gasteiger partial charge is 0.0798 e. The van der Waals surface area contributed by atoms with Crippen molar-refractivity contribution in [3.8, 4) is 0 Å². The molecule has 2 N–H and O–H groups in total. The second kappa shape index (κ2) is 4.69. The molecule has 0 saturated carbocycles. The molecule has 0 rings (SSSR count). The van der Waals surface area contributed by atoms with E-state index in [1.807, 2.05) is 6.92 Å². The zero-order valence-corrected chi connectivity index (χ0v) is 7.31. The van der Waals surface area contributed by atoms with E-state index in [1.54, 1.807) is 0 Å². The first-order chi connectivity index (χ1) is 4.74. The van der Waals surface area contributed by atoms with E-state index < -0.39 is 0 Å². The highest BCUT2D eigenvalue weighted by molar-refractivity contribution is 4.77. The quantitative estimate of drug-likeness (QED) is 0.637. The number of hydrogen-bond donors (Lipinski definition) is 1. The standard InChI is InChI=1S/C8H19NO/c1-4-8(5-2,7-9)10-6-3/h4-7,9H2,1-3H3. The van der Waals surface area contributed by atoms with Gasteiger partial charge in [-0.25, -0.2) is 0 Å². The monoisotopic (exact) mass is 145 g/mol. The molecule has 0 saturated heterocycles. The van der Waals surface area contributed by atoms with Gasteiger partial charge in [0.15, 0.2) is 0 Å². The van der Waals surface area contributed by atoms with Crippen LogP contribution < -0.4 is 5.73 Å². The van der Waals surface area contributed by atoms with Crippen LogP contribution in [0.15, 0.2) is 0 Å². The lowest BCUT2D eigenvalue weighted by molar-refractivity contribution is -0.0377. The van der Waals surface area contributed by atoms with Gasteiger partial charge < -0.3 is 10.5 Å². The molecular formula is C8H19NO. The first-order valence-electron chi connectivity index (χ1n) is 4.08. The largest absolute Gasteiger partial charge is 0.374 e. The molecule has 0 fully saturated rings. The molecule has 0 unspecified atom stereocenters. The Hall–Kier alpha value is -0.0800. The second-order valence-corrected chi connectivity index (χ2v) is 2.53. The first-order valence-corrected chi connectivity index (χ1v) is 4.08. The molecule has 62 valence electrons. The van der Waals surface area contributed by atoms with E-state index in [0.29, 0.717) is 6.54 Å². The lowest BCUT2D eigenvalue weighted by atomic mass is 9.97. The number of ether oxygens (including phenoxy) is 1. The van der Waals surface area contributed by atoms with Crippen LogP contribution in [0.1, 0.15) is 33.6 Å². The molecule has 0 amide bonds. The number of hydrogen-bond acceptors (Lipinski definition) is 2. The Bertz CT molecular complexity index is 71.1. The van der Waals surface area contributed by atoms with Crippen molar-refractivity contribution in [3.63, 3.8) is 0 Å². The molecule has 10 heavy (non-hydrogen) atoms. The van der Waals surface area contributed by atoms with Crippen LogP contribution >= 0.6 is 0 Å². The Kier molecular flexibility index (Phi) is 4.65. The summed E-state index contributed by atoms with van der Waals surface area (Å²) in [5, 5.41) is 0. The summed E-state index contributed by atoms with van der Waals surface area (Å²) in [7, 11) is 0. The summed E-state index contributed by atoms with van der Waals surface area (Å²) in [4.78, 5) is 0. The van der Waals surface area contributed by atoms with Gasteiger partial charge in [0.2, 0.25) is 0 Å². The van der Waals surface area contributed by atoms with E-state index in [1.165, 1.54) is 0 Å². The summed E-state index contributed by atoms with van der Waals surface area (Å²) in [5.74, 6) is 0. The molecule has 0 aromatic rings.